The second kappa shape index (κ2) is 6.58. The molecule has 1 aromatic heterocycles. The highest BCUT2D eigenvalue weighted by molar-refractivity contribution is 5.97. The molecular formula is C17H17N3O3. The minimum Gasteiger partial charge on any atom is -0.375 e. The van der Waals surface area contributed by atoms with Crippen LogP contribution in [0.2, 0.25) is 0 Å². The van der Waals surface area contributed by atoms with Gasteiger partial charge in [-0.05, 0) is 29.3 Å². The van der Waals surface area contributed by atoms with Crippen LogP contribution in [0.15, 0.2) is 42.7 Å². The Morgan fingerprint density at radius 1 is 1.43 bits per heavy atom. The summed E-state index contributed by atoms with van der Waals surface area (Å²) in [4.78, 5) is 27.7. The van der Waals surface area contributed by atoms with E-state index in [4.69, 9.17) is 4.74 Å². The molecule has 6 heteroatoms. The van der Waals surface area contributed by atoms with Gasteiger partial charge in [-0.25, -0.2) is 0 Å². The van der Waals surface area contributed by atoms with Crippen LogP contribution in [0.5, 0.6) is 0 Å². The van der Waals surface area contributed by atoms with Crippen molar-refractivity contribution >= 4 is 23.2 Å². The Hall–Kier alpha value is -2.73. The summed E-state index contributed by atoms with van der Waals surface area (Å²) < 4.78 is 4.79. The molecule has 1 unspecified atom stereocenters. The third kappa shape index (κ3) is 3.37. The van der Waals surface area contributed by atoms with Crippen LogP contribution >= 0.6 is 0 Å². The summed E-state index contributed by atoms with van der Waals surface area (Å²) in [5, 5.41) is 5.60. The van der Waals surface area contributed by atoms with Gasteiger partial charge in [-0.2, -0.15) is 0 Å². The minimum absolute atomic E-state index is 0.0121. The van der Waals surface area contributed by atoms with Gasteiger partial charge < -0.3 is 15.4 Å². The van der Waals surface area contributed by atoms with Gasteiger partial charge in [0, 0.05) is 43.2 Å². The Kier molecular flexibility index (Phi) is 4.34. The Morgan fingerprint density at radius 3 is 3.04 bits per heavy atom. The fourth-order valence-corrected chi connectivity index (χ4v) is 2.75. The van der Waals surface area contributed by atoms with Crippen LogP contribution < -0.4 is 10.6 Å². The third-order valence-electron chi connectivity index (χ3n) is 3.74. The number of nitrogens with one attached hydrogen (secondary N) is 2. The van der Waals surface area contributed by atoms with Gasteiger partial charge in [0.1, 0.15) is 6.61 Å². The van der Waals surface area contributed by atoms with Crippen molar-refractivity contribution < 1.29 is 14.3 Å². The number of ether oxygens (including phenoxy) is 1. The fourth-order valence-electron chi connectivity index (χ4n) is 2.75. The van der Waals surface area contributed by atoms with E-state index in [-0.39, 0.29) is 24.3 Å². The molecule has 0 saturated heterocycles. The number of rotatable bonds is 4. The first-order valence-electron chi connectivity index (χ1n) is 7.30. The van der Waals surface area contributed by atoms with Crippen LogP contribution in [0.25, 0.3) is 0 Å². The van der Waals surface area contributed by atoms with Gasteiger partial charge in [0.05, 0.1) is 0 Å². The first-order valence-corrected chi connectivity index (χ1v) is 7.30. The Balaban J connectivity index is 1.91. The van der Waals surface area contributed by atoms with Gasteiger partial charge in [-0.3, -0.25) is 14.6 Å². The standard InChI is InChI=1S/C17H17N3O3/c1-23-10-17(22)19-12-4-5-13-14(11-3-2-6-18-9-11)8-16(21)20-15(13)7-12/h2-7,9,14H,8,10H2,1H3,(H,19,22)(H,20,21). The molecule has 2 heterocycles. The van der Waals surface area contributed by atoms with E-state index < -0.39 is 0 Å². The zero-order valence-corrected chi connectivity index (χ0v) is 12.7. The molecule has 1 aromatic carbocycles. The fraction of sp³-hybridized carbons (Fsp3) is 0.235. The number of aromatic nitrogens is 1. The second-order valence-electron chi connectivity index (χ2n) is 5.37. The van der Waals surface area contributed by atoms with Crippen molar-refractivity contribution in [3.63, 3.8) is 0 Å². The lowest BCUT2D eigenvalue weighted by Gasteiger charge is -2.26. The predicted octanol–water partition coefficient (Wildman–Crippen LogP) is 2.14. The highest BCUT2D eigenvalue weighted by atomic mass is 16.5. The average Bonchev–Trinajstić information content (AvgIpc) is 2.54. The number of pyridine rings is 1. The maximum Gasteiger partial charge on any atom is 0.250 e. The molecule has 2 amide bonds. The van der Waals surface area contributed by atoms with E-state index in [0.29, 0.717) is 17.8 Å². The summed E-state index contributed by atoms with van der Waals surface area (Å²) in [7, 11) is 1.46. The second-order valence-corrected chi connectivity index (χ2v) is 5.37. The van der Waals surface area contributed by atoms with Crippen molar-refractivity contribution in [3.05, 3.63) is 53.9 Å². The zero-order chi connectivity index (χ0) is 16.2. The number of carbonyl (C=O) groups excluding carboxylic acids is 2. The molecule has 0 fully saturated rings. The first kappa shape index (κ1) is 15.2. The van der Waals surface area contributed by atoms with Gasteiger partial charge in [0.2, 0.25) is 11.8 Å². The highest BCUT2D eigenvalue weighted by Gasteiger charge is 2.26. The lowest BCUT2D eigenvalue weighted by molar-refractivity contribution is -0.119. The number of amides is 2. The highest BCUT2D eigenvalue weighted by Crippen LogP contribution is 2.37. The summed E-state index contributed by atoms with van der Waals surface area (Å²) in [6.45, 7) is -0.0121. The van der Waals surface area contributed by atoms with Gasteiger partial charge >= 0.3 is 0 Å². The van der Waals surface area contributed by atoms with E-state index in [1.807, 2.05) is 24.3 Å². The Labute approximate surface area is 133 Å². The van der Waals surface area contributed by atoms with Crippen LogP contribution in [-0.2, 0) is 14.3 Å². The van der Waals surface area contributed by atoms with Crippen LogP contribution in [-0.4, -0.2) is 30.5 Å². The maximum atomic E-state index is 12.0. The van der Waals surface area contributed by atoms with Crippen LogP contribution in [0.3, 0.4) is 0 Å². The SMILES string of the molecule is COCC(=O)Nc1ccc2c(c1)NC(=O)CC2c1cccnc1. The molecule has 1 aliphatic rings. The number of hydrogen-bond donors (Lipinski definition) is 2. The topological polar surface area (TPSA) is 80.3 Å². The van der Waals surface area contributed by atoms with E-state index in [0.717, 1.165) is 11.1 Å². The van der Waals surface area contributed by atoms with Gasteiger partial charge in [0.15, 0.2) is 0 Å². The van der Waals surface area contributed by atoms with E-state index in [2.05, 4.69) is 15.6 Å². The van der Waals surface area contributed by atoms with Crippen molar-refractivity contribution in [2.75, 3.05) is 24.4 Å². The number of nitrogens with zero attached hydrogens (tertiary/aromatic N) is 1. The molecule has 6 nitrogen and oxygen atoms in total. The van der Waals surface area contributed by atoms with Crippen molar-refractivity contribution in [1.82, 2.24) is 4.98 Å². The molecule has 1 atom stereocenters. The van der Waals surface area contributed by atoms with Crippen molar-refractivity contribution in [2.45, 2.75) is 12.3 Å². The van der Waals surface area contributed by atoms with E-state index in [1.54, 1.807) is 18.5 Å². The first-order chi connectivity index (χ1) is 11.2. The molecule has 0 bridgehead atoms. The predicted molar refractivity (Wildman–Crippen MR) is 86.3 cm³/mol. The van der Waals surface area contributed by atoms with E-state index >= 15 is 0 Å². The summed E-state index contributed by atoms with van der Waals surface area (Å²) in [6, 6.07) is 9.35. The molecule has 118 valence electrons. The smallest absolute Gasteiger partial charge is 0.250 e. The summed E-state index contributed by atoms with van der Waals surface area (Å²) >= 11 is 0. The lowest BCUT2D eigenvalue weighted by Crippen LogP contribution is -2.24. The van der Waals surface area contributed by atoms with Crippen LogP contribution in [0.4, 0.5) is 11.4 Å². The summed E-state index contributed by atoms with van der Waals surface area (Å²) in [6.07, 6.45) is 3.87. The van der Waals surface area contributed by atoms with Crippen LogP contribution in [0, 0.1) is 0 Å². The Bertz CT molecular complexity index is 731. The molecule has 3 rings (SSSR count). The monoisotopic (exact) mass is 311 g/mol. The molecule has 0 spiro atoms. The van der Waals surface area contributed by atoms with E-state index in [1.165, 1.54) is 7.11 Å². The van der Waals surface area contributed by atoms with Gasteiger partial charge in [-0.15, -0.1) is 0 Å². The molecule has 0 aliphatic carbocycles. The van der Waals surface area contributed by atoms with Gasteiger partial charge in [0.25, 0.3) is 0 Å². The lowest BCUT2D eigenvalue weighted by atomic mass is 9.85. The van der Waals surface area contributed by atoms with Gasteiger partial charge in [-0.1, -0.05) is 12.1 Å². The number of benzene rings is 1. The zero-order valence-electron chi connectivity index (χ0n) is 12.7. The molecule has 23 heavy (non-hydrogen) atoms. The largest absolute Gasteiger partial charge is 0.375 e. The minimum atomic E-state index is -0.238. The molecule has 1 aliphatic heterocycles. The molecular weight excluding hydrogens is 294 g/mol. The van der Waals surface area contributed by atoms with Crippen LogP contribution in [0.1, 0.15) is 23.5 Å². The van der Waals surface area contributed by atoms with E-state index in [9.17, 15) is 9.59 Å². The average molecular weight is 311 g/mol. The number of anilines is 2. The third-order valence-corrected chi connectivity index (χ3v) is 3.74. The number of carbonyl (C=O) groups is 2. The van der Waals surface area contributed by atoms with Crippen molar-refractivity contribution in [3.8, 4) is 0 Å². The van der Waals surface area contributed by atoms with Crippen molar-refractivity contribution in [1.29, 1.82) is 0 Å². The molecule has 2 N–H and O–H groups in total. The summed E-state index contributed by atoms with van der Waals surface area (Å²) in [5.74, 6) is -0.318. The maximum absolute atomic E-state index is 12.0. The normalized spacial score (nSPS) is 16.4. The van der Waals surface area contributed by atoms with Crippen molar-refractivity contribution in [2.24, 2.45) is 0 Å². The number of fused-ring (bicyclic) bond motifs is 1. The number of methoxy groups -OCH3 is 1. The molecule has 0 radical (unpaired) electrons. The molecule has 0 saturated carbocycles. The number of hydrogen-bond acceptors (Lipinski definition) is 4. The Morgan fingerprint density at radius 2 is 2.30 bits per heavy atom. The molecule has 2 aromatic rings. The summed E-state index contributed by atoms with van der Waals surface area (Å²) in [5.41, 5.74) is 3.35. The quantitative estimate of drug-likeness (QED) is 0.906.